The van der Waals surface area contributed by atoms with E-state index in [4.69, 9.17) is 4.74 Å². The van der Waals surface area contributed by atoms with Crippen LogP contribution in [0.1, 0.15) is 33.6 Å². The minimum atomic E-state index is 0.392. The quantitative estimate of drug-likeness (QED) is 0.701. The van der Waals surface area contributed by atoms with Crippen LogP contribution in [0.15, 0.2) is 0 Å². The summed E-state index contributed by atoms with van der Waals surface area (Å²) in [6.45, 7) is 12.1. The van der Waals surface area contributed by atoms with E-state index in [9.17, 15) is 0 Å². The number of ether oxygens (including phenoxy) is 1. The molecule has 0 aromatic heterocycles. The lowest BCUT2D eigenvalue weighted by molar-refractivity contribution is 0.109. The van der Waals surface area contributed by atoms with E-state index < -0.39 is 0 Å². The number of nitrogens with one attached hydrogen (secondary N) is 1. The maximum Gasteiger partial charge on any atom is 0.0700 e. The highest BCUT2D eigenvalue weighted by atomic mass is 16.5. The van der Waals surface area contributed by atoms with Gasteiger partial charge >= 0.3 is 0 Å². The highest BCUT2D eigenvalue weighted by molar-refractivity contribution is 4.69. The highest BCUT2D eigenvalue weighted by Gasteiger charge is 2.15. The number of rotatable bonds is 6. The molecule has 16 heavy (non-hydrogen) atoms. The molecule has 0 amide bonds. The molecular weight excluding hydrogens is 200 g/mol. The molecule has 3 nitrogen and oxygen atoms in total. The Balaban J connectivity index is 1.97. The molecule has 1 N–H and O–H groups in total. The van der Waals surface area contributed by atoms with Crippen molar-refractivity contribution in [1.82, 2.24) is 10.2 Å². The van der Waals surface area contributed by atoms with Gasteiger partial charge in [0.25, 0.3) is 0 Å². The van der Waals surface area contributed by atoms with Gasteiger partial charge in [-0.1, -0.05) is 20.8 Å². The minimum absolute atomic E-state index is 0.392. The normalized spacial score (nSPS) is 21.9. The Kier molecular flexibility index (Phi) is 5.73. The fourth-order valence-electron chi connectivity index (χ4n) is 2.23. The molecule has 1 unspecified atom stereocenters. The van der Waals surface area contributed by atoms with Gasteiger partial charge in [-0.25, -0.2) is 0 Å². The Morgan fingerprint density at radius 2 is 2.12 bits per heavy atom. The summed E-state index contributed by atoms with van der Waals surface area (Å²) in [6.07, 6.45) is 2.93. The summed E-state index contributed by atoms with van der Waals surface area (Å²) in [7, 11) is 2.19. The van der Waals surface area contributed by atoms with E-state index in [1.807, 2.05) is 0 Å². The highest BCUT2D eigenvalue weighted by Crippen LogP contribution is 2.13. The molecule has 1 heterocycles. The SMILES string of the molecule is CN(CCNCC1CCCO1)CC(C)(C)C. The summed E-state index contributed by atoms with van der Waals surface area (Å²) in [5.74, 6) is 0. The molecule has 0 aliphatic carbocycles. The van der Waals surface area contributed by atoms with Crippen LogP contribution in [0.2, 0.25) is 0 Å². The van der Waals surface area contributed by atoms with Crippen LogP contribution in [0.25, 0.3) is 0 Å². The maximum atomic E-state index is 5.56. The molecule has 96 valence electrons. The van der Waals surface area contributed by atoms with Crippen LogP contribution >= 0.6 is 0 Å². The van der Waals surface area contributed by atoms with Crippen molar-refractivity contribution in [2.45, 2.75) is 39.7 Å². The first-order valence-corrected chi connectivity index (χ1v) is 6.48. The molecule has 1 aliphatic heterocycles. The summed E-state index contributed by atoms with van der Waals surface area (Å²) >= 11 is 0. The fraction of sp³-hybridized carbons (Fsp3) is 1.00. The first-order chi connectivity index (χ1) is 7.47. The summed E-state index contributed by atoms with van der Waals surface area (Å²) in [5, 5.41) is 3.48. The molecule has 1 atom stereocenters. The van der Waals surface area contributed by atoms with Crippen LogP contribution in [-0.2, 0) is 4.74 Å². The summed E-state index contributed by atoms with van der Waals surface area (Å²) in [4.78, 5) is 2.39. The average Bonchev–Trinajstić information content (AvgIpc) is 2.62. The predicted octanol–water partition coefficient (Wildman–Crippen LogP) is 1.73. The lowest BCUT2D eigenvalue weighted by Gasteiger charge is -2.26. The van der Waals surface area contributed by atoms with Crippen LogP contribution in [-0.4, -0.2) is 50.8 Å². The lowest BCUT2D eigenvalue weighted by Crippen LogP contribution is -2.36. The zero-order valence-electron chi connectivity index (χ0n) is 11.4. The number of hydrogen-bond acceptors (Lipinski definition) is 3. The van der Waals surface area contributed by atoms with Crippen molar-refractivity contribution in [3.05, 3.63) is 0 Å². The lowest BCUT2D eigenvalue weighted by atomic mass is 9.96. The monoisotopic (exact) mass is 228 g/mol. The molecule has 1 saturated heterocycles. The predicted molar refractivity (Wildman–Crippen MR) is 68.8 cm³/mol. The van der Waals surface area contributed by atoms with E-state index in [1.54, 1.807) is 0 Å². The Morgan fingerprint density at radius 3 is 2.69 bits per heavy atom. The van der Waals surface area contributed by atoms with Gasteiger partial charge in [-0.2, -0.15) is 0 Å². The van der Waals surface area contributed by atoms with Gasteiger partial charge in [0.2, 0.25) is 0 Å². The van der Waals surface area contributed by atoms with E-state index in [2.05, 4.69) is 38.0 Å². The van der Waals surface area contributed by atoms with Crippen molar-refractivity contribution in [2.24, 2.45) is 5.41 Å². The topological polar surface area (TPSA) is 24.5 Å². The van der Waals surface area contributed by atoms with Gasteiger partial charge in [0.05, 0.1) is 6.10 Å². The standard InChI is InChI=1S/C13H28N2O/c1-13(2,3)11-15(4)8-7-14-10-12-6-5-9-16-12/h12,14H,5-11H2,1-4H3. The molecule has 0 spiro atoms. The Bertz CT molecular complexity index is 183. The molecule has 0 saturated carbocycles. The van der Waals surface area contributed by atoms with Crippen LogP contribution in [0.5, 0.6) is 0 Å². The van der Waals surface area contributed by atoms with Gasteiger partial charge in [-0.15, -0.1) is 0 Å². The smallest absolute Gasteiger partial charge is 0.0700 e. The minimum Gasteiger partial charge on any atom is -0.377 e. The second-order valence-electron chi connectivity index (χ2n) is 6.14. The van der Waals surface area contributed by atoms with Gasteiger partial charge in [-0.05, 0) is 25.3 Å². The van der Waals surface area contributed by atoms with Gasteiger partial charge in [0.15, 0.2) is 0 Å². The Labute approximate surface area is 101 Å². The third-order valence-electron chi connectivity index (χ3n) is 2.81. The zero-order valence-corrected chi connectivity index (χ0v) is 11.4. The zero-order chi connectivity index (χ0) is 12.0. The maximum absolute atomic E-state index is 5.56. The molecule has 3 heteroatoms. The van der Waals surface area contributed by atoms with E-state index in [-0.39, 0.29) is 0 Å². The van der Waals surface area contributed by atoms with Crippen molar-refractivity contribution in [1.29, 1.82) is 0 Å². The van der Waals surface area contributed by atoms with Crippen molar-refractivity contribution < 1.29 is 4.74 Å². The molecule has 0 aromatic rings. The van der Waals surface area contributed by atoms with Gasteiger partial charge in [0.1, 0.15) is 0 Å². The van der Waals surface area contributed by atoms with E-state index >= 15 is 0 Å². The van der Waals surface area contributed by atoms with Crippen LogP contribution in [0, 0.1) is 5.41 Å². The summed E-state index contributed by atoms with van der Waals surface area (Å²) in [6, 6.07) is 0. The number of hydrogen-bond donors (Lipinski definition) is 1. The molecular formula is C13H28N2O. The van der Waals surface area contributed by atoms with Crippen LogP contribution in [0.4, 0.5) is 0 Å². The largest absolute Gasteiger partial charge is 0.377 e. The summed E-state index contributed by atoms with van der Waals surface area (Å²) < 4.78 is 5.56. The molecule has 0 bridgehead atoms. The molecule has 0 radical (unpaired) electrons. The van der Waals surface area contributed by atoms with Crippen molar-refractivity contribution in [3.8, 4) is 0 Å². The first kappa shape index (κ1) is 13.9. The summed E-state index contributed by atoms with van der Waals surface area (Å²) in [5.41, 5.74) is 0.392. The average molecular weight is 228 g/mol. The number of likely N-dealkylation sites (N-methyl/N-ethyl adjacent to an activating group) is 1. The van der Waals surface area contributed by atoms with Crippen molar-refractivity contribution in [3.63, 3.8) is 0 Å². The Morgan fingerprint density at radius 1 is 1.38 bits per heavy atom. The van der Waals surface area contributed by atoms with Gasteiger partial charge < -0.3 is 15.0 Å². The van der Waals surface area contributed by atoms with Crippen molar-refractivity contribution in [2.75, 3.05) is 39.8 Å². The number of nitrogens with zero attached hydrogens (tertiary/aromatic N) is 1. The second kappa shape index (κ2) is 6.58. The van der Waals surface area contributed by atoms with Gasteiger partial charge in [0, 0.05) is 32.8 Å². The second-order valence-corrected chi connectivity index (χ2v) is 6.14. The van der Waals surface area contributed by atoms with Crippen molar-refractivity contribution >= 4 is 0 Å². The van der Waals surface area contributed by atoms with Crippen LogP contribution in [0.3, 0.4) is 0 Å². The Hall–Kier alpha value is -0.120. The van der Waals surface area contributed by atoms with Crippen LogP contribution < -0.4 is 5.32 Å². The third kappa shape index (κ3) is 6.46. The molecule has 0 aromatic carbocycles. The van der Waals surface area contributed by atoms with E-state index in [1.165, 1.54) is 12.8 Å². The molecule has 1 rings (SSSR count). The first-order valence-electron chi connectivity index (χ1n) is 6.48. The fourth-order valence-corrected chi connectivity index (χ4v) is 2.23. The molecule has 1 fully saturated rings. The third-order valence-corrected chi connectivity index (χ3v) is 2.81. The van der Waals surface area contributed by atoms with Gasteiger partial charge in [-0.3, -0.25) is 0 Å². The van der Waals surface area contributed by atoms with E-state index in [0.29, 0.717) is 11.5 Å². The van der Waals surface area contributed by atoms with E-state index in [0.717, 1.165) is 32.8 Å². The molecule has 1 aliphatic rings.